The predicted octanol–water partition coefficient (Wildman–Crippen LogP) is 22.0. The van der Waals surface area contributed by atoms with E-state index in [1.165, 1.54) is 231 Å². The van der Waals surface area contributed by atoms with Gasteiger partial charge in [-0.15, -0.1) is 0 Å². The normalized spacial score (nSPS) is 13.5. The zero-order chi connectivity index (χ0) is 59.8. The predicted molar refractivity (Wildman–Crippen MR) is 351 cm³/mol. The molecule has 0 amide bonds. The molecule has 0 aliphatic rings. The lowest BCUT2D eigenvalue weighted by Crippen LogP contribution is -2.37. The maximum atomic E-state index is 12.8. The Bertz CT molecular complexity index is 1570. The number of carbonyl (C=O) groups excluding carboxylic acids is 2. The highest BCUT2D eigenvalue weighted by molar-refractivity contribution is 7.45. The van der Waals surface area contributed by atoms with Gasteiger partial charge < -0.3 is 27.9 Å². The number of phosphoric ester groups is 1. The SMILES string of the molecule is CC/C=C\C/C=C\C/C=C\C/C=C\CCCCCCCCCCC(=O)OC(COC(=O)CCCCCCCCCCCCCCCCCCCCCCCCCCC/C=C\CCCCCCCCCC)COP(=O)([O-])OCC[N+](C)(C)C. The molecule has 2 unspecified atom stereocenters. The third-order valence-electron chi connectivity index (χ3n) is 15.5. The second-order valence-electron chi connectivity index (χ2n) is 24.9. The van der Waals surface area contributed by atoms with Gasteiger partial charge in [0.2, 0.25) is 0 Å². The molecule has 9 nitrogen and oxygen atoms in total. The molecule has 0 spiro atoms. The number of ether oxygens (including phenoxy) is 2. The summed E-state index contributed by atoms with van der Waals surface area (Å²) in [4.78, 5) is 38.0. The molecule has 0 aromatic heterocycles. The molecule has 0 fully saturated rings. The molecule has 0 heterocycles. The Morgan fingerprint density at radius 3 is 1.05 bits per heavy atom. The van der Waals surface area contributed by atoms with Gasteiger partial charge in [0, 0.05) is 12.8 Å². The lowest BCUT2D eigenvalue weighted by molar-refractivity contribution is -0.870. The van der Waals surface area contributed by atoms with Gasteiger partial charge in [-0.25, -0.2) is 0 Å². The van der Waals surface area contributed by atoms with E-state index in [9.17, 15) is 19.0 Å². The summed E-state index contributed by atoms with van der Waals surface area (Å²) in [5.41, 5.74) is 0. The van der Waals surface area contributed by atoms with E-state index in [1.807, 2.05) is 21.1 Å². The first-order chi connectivity index (χ1) is 40.0. The molecule has 10 heteroatoms. The summed E-state index contributed by atoms with van der Waals surface area (Å²) < 4.78 is 34.3. The third-order valence-corrected chi connectivity index (χ3v) is 16.5. The molecular formula is C72H134NO8P. The van der Waals surface area contributed by atoms with E-state index in [0.717, 1.165) is 70.6 Å². The number of unbranched alkanes of at least 4 members (excludes halogenated alkanes) is 41. The molecule has 0 saturated carbocycles. The minimum Gasteiger partial charge on any atom is -0.756 e. The summed E-state index contributed by atoms with van der Waals surface area (Å²) in [7, 11) is 1.17. The van der Waals surface area contributed by atoms with Crippen molar-refractivity contribution in [2.75, 3.05) is 47.5 Å². The molecule has 480 valence electrons. The summed E-state index contributed by atoms with van der Waals surface area (Å²) in [6.45, 7) is 4.16. The van der Waals surface area contributed by atoms with Crippen LogP contribution in [-0.4, -0.2) is 70.0 Å². The highest BCUT2D eigenvalue weighted by Crippen LogP contribution is 2.38. The van der Waals surface area contributed by atoms with E-state index < -0.39 is 26.5 Å². The minimum atomic E-state index is -4.64. The Balaban J connectivity index is 3.94. The number of esters is 2. The second kappa shape index (κ2) is 63.2. The Hall–Kier alpha value is -2.29. The molecule has 2 atom stereocenters. The largest absolute Gasteiger partial charge is 0.756 e. The summed E-state index contributed by atoms with van der Waals surface area (Å²) in [5, 5.41) is 0. The van der Waals surface area contributed by atoms with E-state index >= 15 is 0 Å². The van der Waals surface area contributed by atoms with Crippen molar-refractivity contribution in [3.05, 3.63) is 60.8 Å². The van der Waals surface area contributed by atoms with Crippen molar-refractivity contribution in [2.45, 2.75) is 341 Å². The quantitative estimate of drug-likeness (QED) is 0.0195. The van der Waals surface area contributed by atoms with Crippen molar-refractivity contribution >= 4 is 19.8 Å². The number of hydrogen-bond acceptors (Lipinski definition) is 8. The van der Waals surface area contributed by atoms with Gasteiger partial charge in [-0.2, -0.15) is 0 Å². The van der Waals surface area contributed by atoms with Gasteiger partial charge in [-0.1, -0.05) is 306 Å². The van der Waals surface area contributed by atoms with Crippen molar-refractivity contribution in [3.63, 3.8) is 0 Å². The molecule has 0 bridgehead atoms. The number of allylic oxidation sites excluding steroid dienone is 10. The van der Waals surface area contributed by atoms with Crippen LogP contribution in [0.3, 0.4) is 0 Å². The van der Waals surface area contributed by atoms with Crippen molar-refractivity contribution in [1.29, 1.82) is 0 Å². The minimum absolute atomic E-state index is 0.0329. The molecular weight excluding hydrogens is 1040 g/mol. The smallest absolute Gasteiger partial charge is 0.306 e. The fraction of sp³-hybridized carbons (Fsp3) is 0.833. The van der Waals surface area contributed by atoms with Gasteiger partial charge in [0.05, 0.1) is 27.7 Å². The van der Waals surface area contributed by atoms with Gasteiger partial charge in [0.15, 0.2) is 6.10 Å². The summed E-state index contributed by atoms with van der Waals surface area (Å²) >= 11 is 0. The molecule has 82 heavy (non-hydrogen) atoms. The maximum absolute atomic E-state index is 12.8. The fourth-order valence-electron chi connectivity index (χ4n) is 10.2. The van der Waals surface area contributed by atoms with Crippen LogP contribution in [0, 0.1) is 0 Å². The second-order valence-corrected chi connectivity index (χ2v) is 26.3. The van der Waals surface area contributed by atoms with Crippen LogP contribution in [0.25, 0.3) is 0 Å². The first-order valence-corrected chi connectivity index (χ1v) is 36.5. The fourth-order valence-corrected chi connectivity index (χ4v) is 10.9. The third kappa shape index (κ3) is 66.8. The monoisotopic (exact) mass is 1170 g/mol. The van der Waals surface area contributed by atoms with Crippen LogP contribution in [-0.2, 0) is 32.7 Å². The summed E-state index contributed by atoms with van der Waals surface area (Å²) in [5.74, 6) is -0.830. The van der Waals surface area contributed by atoms with Crippen LogP contribution in [0.1, 0.15) is 335 Å². The Labute approximate surface area is 508 Å². The number of likely N-dealkylation sites (N-methyl/N-ethyl adjacent to an activating group) is 1. The first-order valence-electron chi connectivity index (χ1n) is 35.0. The number of phosphoric acid groups is 1. The number of quaternary nitrogens is 1. The molecule has 0 radical (unpaired) electrons. The zero-order valence-electron chi connectivity index (χ0n) is 54.7. The topological polar surface area (TPSA) is 111 Å². The van der Waals surface area contributed by atoms with Crippen molar-refractivity contribution in [1.82, 2.24) is 0 Å². The van der Waals surface area contributed by atoms with Gasteiger partial charge in [0.1, 0.15) is 19.8 Å². The zero-order valence-corrected chi connectivity index (χ0v) is 55.6. The average molecular weight is 1170 g/mol. The number of carbonyl (C=O) groups is 2. The molecule has 0 aromatic carbocycles. The van der Waals surface area contributed by atoms with Crippen molar-refractivity contribution in [3.8, 4) is 0 Å². The van der Waals surface area contributed by atoms with Gasteiger partial charge in [-0.05, 0) is 77.0 Å². The lowest BCUT2D eigenvalue weighted by atomic mass is 10.0. The van der Waals surface area contributed by atoms with E-state index in [1.54, 1.807) is 0 Å². The van der Waals surface area contributed by atoms with Gasteiger partial charge >= 0.3 is 11.9 Å². The number of hydrogen-bond donors (Lipinski definition) is 0. The first kappa shape index (κ1) is 79.7. The molecule has 0 aliphatic carbocycles. The highest BCUT2D eigenvalue weighted by atomic mass is 31.2. The number of rotatable bonds is 65. The molecule has 0 N–H and O–H groups in total. The highest BCUT2D eigenvalue weighted by Gasteiger charge is 2.22. The number of nitrogens with zero attached hydrogens (tertiary/aromatic N) is 1. The van der Waals surface area contributed by atoms with E-state index in [-0.39, 0.29) is 32.0 Å². The van der Waals surface area contributed by atoms with E-state index in [2.05, 4.69) is 74.6 Å². The summed E-state index contributed by atoms with van der Waals surface area (Å²) in [6.07, 6.45) is 83.2. The van der Waals surface area contributed by atoms with Crippen molar-refractivity contribution in [2.24, 2.45) is 0 Å². The van der Waals surface area contributed by atoms with E-state index in [0.29, 0.717) is 17.4 Å². The lowest BCUT2D eigenvalue weighted by Gasteiger charge is -2.28. The molecule has 0 aliphatic heterocycles. The van der Waals surface area contributed by atoms with Crippen LogP contribution in [0.2, 0.25) is 0 Å². The Kier molecular flexibility index (Phi) is 61.5. The van der Waals surface area contributed by atoms with Crippen LogP contribution in [0.15, 0.2) is 60.8 Å². The van der Waals surface area contributed by atoms with Crippen LogP contribution < -0.4 is 4.89 Å². The maximum Gasteiger partial charge on any atom is 0.306 e. The summed E-state index contributed by atoms with van der Waals surface area (Å²) in [6, 6.07) is 0. The van der Waals surface area contributed by atoms with Crippen LogP contribution in [0.4, 0.5) is 0 Å². The average Bonchev–Trinajstić information content (AvgIpc) is 3.46. The van der Waals surface area contributed by atoms with E-state index in [4.69, 9.17) is 18.5 Å². The molecule has 0 saturated heterocycles. The van der Waals surface area contributed by atoms with Crippen LogP contribution >= 0.6 is 7.82 Å². The van der Waals surface area contributed by atoms with Crippen molar-refractivity contribution < 1.29 is 42.1 Å². The van der Waals surface area contributed by atoms with Gasteiger partial charge in [0.25, 0.3) is 7.82 Å². The van der Waals surface area contributed by atoms with Crippen LogP contribution in [0.5, 0.6) is 0 Å². The van der Waals surface area contributed by atoms with Gasteiger partial charge in [-0.3, -0.25) is 14.2 Å². The molecule has 0 aromatic rings. The standard InChI is InChI=1S/C72H134NO8P/c1-6-8-10-12-14-16-18-20-22-24-26-28-29-30-31-32-33-34-35-36-37-38-39-40-41-42-43-45-46-48-50-52-54-56-58-60-62-64-71(74)78-68-70(69-80-82(76,77)79-67-66-73(3,4)5)81-72(75)65-63-61-59-57-55-53-51-49-47-44-27-25-23-21-19-17-15-13-11-9-7-2/h9,11,15,17,21,23-24,26-27,44,70H,6-8,10,12-14,16,18-20,22,25,28-43,45-69H2,1-5H3/b11-9-,17-15-,23-21-,26-24-,44-27-. The molecule has 0 rings (SSSR count). The Morgan fingerprint density at radius 1 is 0.390 bits per heavy atom. The Morgan fingerprint density at radius 2 is 0.695 bits per heavy atom.